The normalized spacial score (nSPS) is 10.7. The Morgan fingerprint density at radius 1 is 1.30 bits per heavy atom. The molecule has 1 N–H and O–H groups in total. The monoisotopic (exact) mass is 348 g/mol. The third-order valence-corrected chi connectivity index (χ3v) is 4.51. The standard InChI is InChI=1S/C15H13ClN4O2S/c1-8-13(23-9(2)17-8)14-19-20-15(22-14)18-12(21)7-10-5-3-4-6-11(10)16/h3-6H,7H2,1-2H3,(H,18,20,21). The maximum absolute atomic E-state index is 12.0. The quantitative estimate of drug-likeness (QED) is 0.778. The van der Waals surface area contributed by atoms with Crippen LogP contribution in [-0.4, -0.2) is 21.1 Å². The molecule has 23 heavy (non-hydrogen) atoms. The Bertz CT molecular complexity index is 859. The lowest BCUT2D eigenvalue weighted by Gasteiger charge is -2.02. The molecule has 8 heteroatoms. The number of carbonyl (C=O) groups excluding carboxylic acids is 1. The van der Waals surface area contributed by atoms with Crippen LogP contribution < -0.4 is 5.32 Å². The van der Waals surface area contributed by atoms with E-state index in [9.17, 15) is 4.79 Å². The second-order valence-electron chi connectivity index (χ2n) is 4.88. The van der Waals surface area contributed by atoms with Crippen molar-refractivity contribution in [2.24, 2.45) is 0 Å². The smallest absolute Gasteiger partial charge is 0.322 e. The topological polar surface area (TPSA) is 80.9 Å². The van der Waals surface area contributed by atoms with E-state index in [0.29, 0.717) is 10.9 Å². The summed E-state index contributed by atoms with van der Waals surface area (Å²) in [7, 11) is 0. The summed E-state index contributed by atoms with van der Waals surface area (Å²) in [6, 6.07) is 7.23. The van der Waals surface area contributed by atoms with E-state index in [2.05, 4.69) is 20.5 Å². The lowest BCUT2D eigenvalue weighted by Crippen LogP contribution is -2.14. The molecule has 3 rings (SSSR count). The highest BCUT2D eigenvalue weighted by molar-refractivity contribution is 7.15. The summed E-state index contributed by atoms with van der Waals surface area (Å²) >= 11 is 7.50. The van der Waals surface area contributed by atoms with Crippen LogP contribution in [0.15, 0.2) is 28.7 Å². The average molecular weight is 349 g/mol. The SMILES string of the molecule is Cc1nc(C)c(-c2nnc(NC(=O)Cc3ccccc3Cl)o2)s1. The minimum atomic E-state index is -0.273. The van der Waals surface area contributed by atoms with Gasteiger partial charge in [-0.1, -0.05) is 34.9 Å². The number of hydrogen-bond donors (Lipinski definition) is 1. The van der Waals surface area contributed by atoms with Crippen molar-refractivity contribution in [1.29, 1.82) is 0 Å². The van der Waals surface area contributed by atoms with Crippen LogP contribution in [0.5, 0.6) is 0 Å². The zero-order chi connectivity index (χ0) is 16.4. The fourth-order valence-electron chi connectivity index (χ4n) is 2.07. The van der Waals surface area contributed by atoms with E-state index in [1.54, 1.807) is 12.1 Å². The van der Waals surface area contributed by atoms with E-state index in [0.717, 1.165) is 21.1 Å². The highest BCUT2D eigenvalue weighted by Crippen LogP contribution is 2.29. The highest BCUT2D eigenvalue weighted by Gasteiger charge is 2.16. The average Bonchev–Trinajstić information content (AvgIpc) is 3.07. The fourth-order valence-corrected chi connectivity index (χ4v) is 3.12. The molecule has 0 aliphatic rings. The molecule has 1 amide bonds. The Morgan fingerprint density at radius 3 is 2.78 bits per heavy atom. The third-order valence-electron chi connectivity index (χ3n) is 3.08. The summed E-state index contributed by atoms with van der Waals surface area (Å²) in [5.74, 6) is 0.0756. The Morgan fingerprint density at radius 2 is 2.09 bits per heavy atom. The number of rotatable bonds is 4. The van der Waals surface area contributed by atoms with Gasteiger partial charge in [0.25, 0.3) is 5.89 Å². The number of nitrogens with zero attached hydrogens (tertiary/aromatic N) is 3. The predicted molar refractivity (Wildman–Crippen MR) is 88.7 cm³/mol. The summed E-state index contributed by atoms with van der Waals surface area (Å²) in [5.41, 5.74) is 1.56. The maximum Gasteiger partial charge on any atom is 0.322 e. The van der Waals surface area contributed by atoms with Crippen LogP contribution in [0.2, 0.25) is 5.02 Å². The number of aromatic nitrogens is 3. The number of carbonyl (C=O) groups is 1. The minimum Gasteiger partial charge on any atom is -0.402 e. The molecule has 0 atom stereocenters. The number of hydrogen-bond acceptors (Lipinski definition) is 6. The second kappa shape index (κ2) is 6.47. The molecule has 0 radical (unpaired) electrons. The van der Waals surface area contributed by atoms with E-state index in [-0.39, 0.29) is 18.3 Å². The molecule has 0 aliphatic heterocycles. The lowest BCUT2D eigenvalue weighted by molar-refractivity contribution is -0.115. The third kappa shape index (κ3) is 3.57. The van der Waals surface area contributed by atoms with Crippen LogP contribution in [0.1, 0.15) is 16.3 Å². The van der Waals surface area contributed by atoms with Crippen LogP contribution in [0.3, 0.4) is 0 Å². The van der Waals surface area contributed by atoms with E-state index in [4.69, 9.17) is 16.0 Å². The van der Waals surface area contributed by atoms with Gasteiger partial charge in [0.15, 0.2) is 0 Å². The Balaban J connectivity index is 1.71. The van der Waals surface area contributed by atoms with Gasteiger partial charge in [0.2, 0.25) is 5.91 Å². The molecule has 2 heterocycles. The zero-order valence-electron chi connectivity index (χ0n) is 12.5. The molecule has 3 aromatic rings. The molecule has 0 unspecified atom stereocenters. The molecule has 0 saturated heterocycles. The van der Waals surface area contributed by atoms with Crippen LogP contribution in [0, 0.1) is 13.8 Å². The first-order valence-electron chi connectivity index (χ1n) is 6.84. The molecule has 0 aliphatic carbocycles. The largest absolute Gasteiger partial charge is 0.402 e. The summed E-state index contributed by atoms with van der Waals surface area (Å²) < 4.78 is 5.49. The molecule has 0 bridgehead atoms. The number of benzene rings is 1. The molecular weight excluding hydrogens is 336 g/mol. The van der Waals surface area contributed by atoms with E-state index >= 15 is 0 Å². The highest BCUT2D eigenvalue weighted by atomic mass is 35.5. The summed E-state index contributed by atoms with van der Waals surface area (Å²) in [5, 5.41) is 11.8. The Kier molecular flexibility index (Phi) is 4.40. The molecular formula is C15H13ClN4O2S. The van der Waals surface area contributed by atoms with Crippen molar-refractivity contribution in [3.63, 3.8) is 0 Å². The number of anilines is 1. The van der Waals surface area contributed by atoms with Gasteiger partial charge in [0, 0.05) is 5.02 Å². The van der Waals surface area contributed by atoms with Gasteiger partial charge in [-0.05, 0) is 25.5 Å². The van der Waals surface area contributed by atoms with Gasteiger partial charge in [-0.3, -0.25) is 10.1 Å². The van der Waals surface area contributed by atoms with Crippen molar-refractivity contribution in [3.05, 3.63) is 45.6 Å². The van der Waals surface area contributed by atoms with Gasteiger partial charge >= 0.3 is 6.01 Å². The number of amides is 1. The second-order valence-corrected chi connectivity index (χ2v) is 6.49. The molecule has 6 nitrogen and oxygen atoms in total. The zero-order valence-corrected chi connectivity index (χ0v) is 14.0. The molecule has 0 fully saturated rings. The van der Waals surface area contributed by atoms with E-state index < -0.39 is 0 Å². The van der Waals surface area contributed by atoms with Gasteiger partial charge in [0.05, 0.1) is 17.1 Å². The molecule has 2 aromatic heterocycles. The maximum atomic E-state index is 12.0. The van der Waals surface area contributed by atoms with Crippen LogP contribution in [0.4, 0.5) is 6.01 Å². The van der Waals surface area contributed by atoms with E-state index in [1.807, 2.05) is 26.0 Å². The predicted octanol–water partition coefficient (Wildman–Crippen LogP) is 3.64. The summed E-state index contributed by atoms with van der Waals surface area (Å²) in [4.78, 5) is 17.2. The van der Waals surface area contributed by atoms with Crippen molar-refractivity contribution in [3.8, 4) is 10.8 Å². The van der Waals surface area contributed by atoms with Crippen LogP contribution in [-0.2, 0) is 11.2 Å². The van der Waals surface area contributed by atoms with Crippen LogP contribution >= 0.6 is 22.9 Å². The van der Waals surface area contributed by atoms with Gasteiger partial charge < -0.3 is 4.42 Å². The van der Waals surface area contributed by atoms with Gasteiger partial charge in [0.1, 0.15) is 4.88 Å². The summed E-state index contributed by atoms with van der Waals surface area (Å²) in [6.45, 7) is 3.78. The molecule has 0 saturated carbocycles. The van der Waals surface area contributed by atoms with Crippen molar-refractivity contribution in [2.45, 2.75) is 20.3 Å². The summed E-state index contributed by atoms with van der Waals surface area (Å²) in [6.07, 6.45) is 0.135. The van der Waals surface area contributed by atoms with Gasteiger partial charge in [-0.2, -0.15) is 0 Å². The number of nitrogens with one attached hydrogen (secondary N) is 1. The van der Waals surface area contributed by atoms with Crippen molar-refractivity contribution >= 4 is 34.9 Å². The Labute approximate surface area is 141 Å². The molecule has 1 aromatic carbocycles. The first kappa shape index (κ1) is 15.6. The lowest BCUT2D eigenvalue weighted by atomic mass is 10.1. The van der Waals surface area contributed by atoms with Crippen LogP contribution in [0.25, 0.3) is 10.8 Å². The first-order chi connectivity index (χ1) is 11.0. The van der Waals surface area contributed by atoms with E-state index in [1.165, 1.54) is 11.3 Å². The minimum absolute atomic E-state index is 0.0579. The van der Waals surface area contributed by atoms with Gasteiger partial charge in [-0.15, -0.1) is 16.4 Å². The number of aryl methyl sites for hydroxylation is 2. The Hall–Kier alpha value is -2.25. The first-order valence-corrected chi connectivity index (χ1v) is 8.03. The molecule has 0 spiro atoms. The molecule has 118 valence electrons. The van der Waals surface area contributed by atoms with Crippen molar-refractivity contribution in [1.82, 2.24) is 15.2 Å². The number of thiazole rings is 1. The number of halogens is 1. The van der Waals surface area contributed by atoms with Crippen molar-refractivity contribution < 1.29 is 9.21 Å². The fraction of sp³-hybridized carbons (Fsp3) is 0.200. The van der Waals surface area contributed by atoms with Gasteiger partial charge in [-0.25, -0.2) is 4.98 Å². The van der Waals surface area contributed by atoms with Crippen molar-refractivity contribution in [2.75, 3.05) is 5.32 Å².